The molecule has 2 rings (SSSR count). The van der Waals surface area contributed by atoms with Crippen molar-refractivity contribution in [1.29, 1.82) is 0 Å². The Balaban J connectivity index is 1.88. The monoisotopic (exact) mass is 365 g/mol. The summed E-state index contributed by atoms with van der Waals surface area (Å²) in [5.74, 6) is 2.46. The van der Waals surface area contributed by atoms with E-state index in [1.807, 2.05) is 7.05 Å². The van der Waals surface area contributed by atoms with Gasteiger partial charge in [0.2, 0.25) is 5.91 Å². The van der Waals surface area contributed by atoms with Crippen molar-refractivity contribution >= 4 is 11.9 Å². The van der Waals surface area contributed by atoms with Gasteiger partial charge in [0.05, 0.1) is 0 Å². The largest absolute Gasteiger partial charge is 0.359 e. The second kappa shape index (κ2) is 9.58. The molecule has 0 aromatic rings. The Labute approximate surface area is 159 Å². The molecule has 2 fully saturated rings. The van der Waals surface area contributed by atoms with E-state index in [4.69, 9.17) is 0 Å². The number of likely N-dealkylation sites (N-methyl/N-ethyl adjacent to an activating group) is 1. The van der Waals surface area contributed by atoms with E-state index < -0.39 is 0 Å². The molecule has 26 heavy (non-hydrogen) atoms. The minimum atomic E-state index is 0.158. The molecule has 1 heterocycles. The molecule has 0 bridgehead atoms. The molecular weight excluding hydrogens is 326 g/mol. The molecule has 0 spiro atoms. The predicted molar refractivity (Wildman–Crippen MR) is 108 cm³/mol. The standard InChI is InChI=1S/C20H39N5O/c1-16-7-6-10-20(14-16,24(4)5)15-23-19(22-3)25-11-8-17(9-12-25)13-18(26)21-2/h16-17H,6-15H2,1-5H3,(H,21,26)(H,22,23). The maximum absolute atomic E-state index is 11.6. The van der Waals surface area contributed by atoms with Crippen LogP contribution in [0.1, 0.15) is 51.9 Å². The van der Waals surface area contributed by atoms with Gasteiger partial charge in [-0.25, -0.2) is 0 Å². The molecule has 1 amide bonds. The van der Waals surface area contributed by atoms with E-state index in [1.165, 1.54) is 25.7 Å². The van der Waals surface area contributed by atoms with Gasteiger partial charge < -0.3 is 20.4 Å². The van der Waals surface area contributed by atoms with Gasteiger partial charge in [-0.2, -0.15) is 0 Å². The molecule has 2 atom stereocenters. The second-order valence-electron chi connectivity index (χ2n) is 8.53. The van der Waals surface area contributed by atoms with Crippen LogP contribution in [-0.2, 0) is 4.79 Å². The minimum Gasteiger partial charge on any atom is -0.359 e. The van der Waals surface area contributed by atoms with Gasteiger partial charge in [-0.05, 0) is 51.6 Å². The number of rotatable bonds is 5. The van der Waals surface area contributed by atoms with Crippen LogP contribution < -0.4 is 10.6 Å². The van der Waals surface area contributed by atoms with E-state index in [1.54, 1.807) is 7.05 Å². The Bertz CT molecular complexity index is 485. The molecule has 1 aliphatic heterocycles. The summed E-state index contributed by atoms with van der Waals surface area (Å²) in [6.07, 6.45) is 7.93. The maximum atomic E-state index is 11.6. The summed E-state index contributed by atoms with van der Waals surface area (Å²) < 4.78 is 0. The summed E-state index contributed by atoms with van der Waals surface area (Å²) >= 11 is 0. The summed E-state index contributed by atoms with van der Waals surface area (Å²) in [5.41, 5.74) is 0.227. The molecular formula is C20H39N5O. The summed E-state index contributed by atoms with van der Waals surface area (Å²) in [6.45, 7) is 5.29. The van der Waals surface area contributed by atoms with Crippen molar-refractivity contribution in [2.75, 3.05) is 47.8 Å². The fourth-order valence-electron chi connectivity index (χ4n) is 4.65. The number of piperidine rings is 1. The van der Waals surface area contributed by atoms with Crippen molar-refractivity contribution in [3.05, 3.63) is 0 Å². The number of nitrogens with one attached hydrogen (secondary N) is 2. The van der Waals surface area contributed by atoms with Crippen LogP contribution in [0.25, 0.3) is 0 Å². The number of carbonyl (C=O) groups excluding carboxylic acids is 1. The first-order valence-electron chi connectivity index (χ1n) is 10.2. The average molecular weight is 366 g/mol. The van der Waals surface area contributed by atoms with Gasteiger partial charge in [0.25, 0.3) is 0 Å². The molecule has 1 saturated heterocycles. The van der Waals surface area contributed by atoms with Crippen LogP contribution in [0, 0.1) is 11.8 Å². The predicted octanol–water partition coefficient (Wildman–Crippen LogP) is 1.92. The Morgan fingerprint density at radius 1 is 1.27 bits per heavy atom. The third-order valence-electron chi connectivity index (χ3n) is 6.47. The van der Waals surface area contributed by atoms with Gasteiger partial charge in [0, 0.05) is 45.7 Å². The average Bonchev–Trinajstić information content (AvgIpc) is 2.63. The van der Waals surface area contributed by atoms with Gasteiger partial charge in [-0.1, -0.05) is 19.8 Å². The van der Waals surface area contributed by atoms with Crippen LogP contribution in [0.4, 0.5) is 0 Å². The fourth-order valence-corrected chi connectivity index (χ4v) is 4.65. The number of guanidine groups is 1. The lowest BCUT2D eigenvalue weighted by Gasteiger charge is -2.46. The quantitative estimate of drug-likeness (QED) is 0.577. The van der Waals surface area contributed by atoms with Crippen LogP contribution >= 0.6 is 0 Å². The fraction of sp³-hybridized carbons (Fsp3) is 0.900. The van der Waals surface area contributed by atoms with Crippen LogP contribution in [-0.4, -0.2) is 75.0 Å². The molecule has 0 aromatic heterocycles. The van der Waals surface area contributed by atoms with Crippen molar-refractivity contribution < 1.29 is 4.79 Å². The topological polar surface area (TPSA) is 60.0 Å². The molecule has 1 saturated carbocycles. The van der Waals surface area contributed by atoms with Crippen molar-refractivity contribution in [2.24, 2.45) is 16.8 Å². The molecule has 0 radical (unpaired) electrons. The molecule has 2 unspecified atom stereocenters. The van der Waals surface area contributed by atoms with Gasteiger partial charge in [-0.3, -0.25) is 9.79 Å². The van der Waals surface area contributed by atoms with Crippen LogP contribution in [0.3, 0.4) is 0 Å². The number of hydrogen-bond acceptors (Lipinski definition) is 3. The molecule has 2 aliphatic rings. The molecule has 1 aliphatic carbocycles. The van der Waals surface area contributed by atoms with Crippen molar-refractivity contribution in [3.8, 4) is 0 Å². The molecule has 6 nitrogen and oxygen atoms in total. The number of likely N-dealkylation sites (tertiary alicyclic amines) is 1. The molecule has 150 valence electrons. The number of aliphatic imine (C=N–C) groups is 1. The second-order valence-corrected chi connectivity index (χ2v) is 8.53. The van der Waals surface area contributed by atoms with Gasteiger partial charge >= 0.3 is 0 Å². The van der Waals surface area contributed by atoms with E-state index in [0.717, 1.165) is 44.4 Å². The zero-order valence-electron chi connectivity index (χ0n) is 17.5. The minimum absolute atomic E-state index is 0.158. The SMILES string of the molecule is CN=C(NCC1(N(C)C)CCCC(C)C1)N1CCC(CC(=O)NC)CC1. The van der Waals surface area contributed by atoms with E-state index >= 15 is 0 Å². The normalized spacial score (nSPS) is 28.3. The lowest BCUT2D eigenvalue weighted by Crippen LogP contribution is -2.57. The van der Waals surface area contributed by atoms with Gasteiger partial charge in [0.15, 0.2) is 5.96 Å². The Kier molecular flexibility index (Phi) is 7.74. The molecule has 6 heteroatoms. The highest BCUT2D eigenvalue weighted by molar-refractivity contribution is 5.80. The van der Waals surface area contributed by atoms with Crippen LogP contribution in [0.5, 0.6) is 0 Å². The van der Waals surface area contributed by atoms with Gasteiger partial charge in [-0.15, -0.1) is 0 Å². The lowest BCUT2D eigenvalue weighted by molar-refractivity contribution is -0.121. The zero-order chi connectivity index (χ0) is 19.2. The first kappa shape index (κ1) is 21.0. The van der Waals surface area contributed by atoms with Crippen molar-refractivity contribution in [3.63, 3.8) is 0 Å². The zero-order valence-corrected chi connectivity index (χ0v) is 17.5. The van der Waals surface area contributed by atoms with Crippen molar-refractivity contribution in [2.45, 2.75) is 57.4 Å². The van der Waals surface area contributed by atoms with Crippen LogP contribution in [0.2, 0.25) is 0 Å². The number of carbonyl (C=O) groups is 1. The first-order chi connectivity index (χ1) is 12.4. The third kappa shape index (κ3) is 5.35. The summed E-state index contributed by atoms with van der Waals surface area (Å²) in [4.78, 5) is 20.9. The lowest BCUT2D eigenvalue weighted by atomic mass is 9.75. The van der Waals surface area contributed by atoms with Crippen molar-refractivity contribution in [1.82, 2.24) is 20.4 Å². The summed E-state index contributed by atoms with van der Waals surface area (Å²) in [7, 11) is 8.03. The highest BCUT2D eigenvalue weighted by Gasteiger charge is 2.37. The van der Waals surface area contributed by atoms with Crippen LogP contribution in [0.15, 0.2) is 4.99 Å². The first-order valence-corrected chi connectivity index (χ1v) is 10.2. The Morgan fingerprint density at radius 3 is 2.50 bits per heavy atom. The highest BCUT2D eigenvalue weighted by Crippen LogP contribution is 2.35. The Hall–Kier alpha value is -1.30. The summed E-state index contributed by atoms with van der Waals surface area (Å²) in [6, 6.07) is 0. The smallest absolute Gasteiger partial charge is 0.220 e. The maximum Gasteiger partial charge on any atom is 0.220 e. The van der Waals surface area contributed by atoms with E-state index in [-0.39, 0.29) is 11.4 Å². The molecule has 2 N–H and O–H groups in total. The highest BCUT2D eigenvalue weighted by atomic mass is 16.1. The molecule has 0 aromatic carbocycles. The number of hydrogen-bond donors (Lipinski definition) is 2. The number of amides is 1. The van der Waals surface area contributed by atoms with E-state index in [0.29, 0.717) is 12.3 Å². The Morgan fingerprint density at radius 2 is 1.96 bits per heavy atom. The van der Waals surface area contributed by atoms with Gasteiger partial charge in [0.1, 0.15) is 0 Å². The summed E-state index contributed by atoms with van der Waals surface area (Å²) in [5, 5.41) is 6.41. The van der Waals surface area contributed by atoms with E-state index in [2.05, 4.69) is 46.4 Å². The number of nitrogens with zero attached hydrogens (tertiary/aromatic N) is 3. The third-order valence-corrected chi connectivity index (χ3v) is 6.47. The van der Waals surface area contributed by atoms with E-state index in [9.17, 15) is 4.79 Å².